The van der Waals surface area contributed by atoms with Crippen LogP contribution in [-0.2, 0) is 16.1 Å². The van der Waals surface area contributed by atoms with Crippen LogP contribution in [0.15, 0.2) is 12.7 Å². The lowest BCUT2D eigenvalue weighted by Gasteiger charge is -2.06. The second-order valence-electron chi connectivity index (χ2n) is 3.92. The smallest absolute Gasteiger partial charge is 0.412 e. The third-order valence-corrected chi connectivity index (χ3v) is 2.48. The molecule has 0 aliphatic rings. The Kier molecular flexibility index (Phi) is 5.11. The second kappa shape index (κ2) is 6.58. The van der Waals surface area contributed by atoms with E-state index >= 15 is 0 Å². The van der Waals surface area contributed by atoms with E-state index in [9.17, 15) is 9.59 Å². The lowest BCUT2D eigenvalue weighted by Crippen LogP contribution is -2.15. The third-order valence-electron chi connectivity index (χ3n) is 2.48. The van der Waals surface area contributed by atoms with Crippen molar-refractivity contribution in [1.82, 2.24) is 9.78 Å². The Morgan fingerprint density at radius 3 is 2.79 bits per heavy atom. The summed E-state index contributed by atoms with van der Waals surface area (Å²) in [6.45, 7) is 7.30. The van der Waals surface area contributed by atoms with Gasteiger partial charge in [0.25, 0.3) is 0 Å². The first-order chi connectivity index (χ1) is 8.95. The van der Waals surface area contributed by atoms with Crippen LogP contribution in [0.4, 0.5) is 10.5 Å². The van der Waals surface area contributed by atoms with E-state index in [0.717, 1.165) is 0 Å². The van der Waals surface area contributed by atoms with Gasteiger partial charge in [0, 0.05) is 0 Å². The molecule has 0 saturated heterocycles. The van der Waals surface area contributed by atoms with Crippen LogP contribution >= 0.6 is 0 Å². The van der Waals surface area contributed by atoms with Gasteiger partial charge in [0.1, 0.15) is 6.61 Å². The van der Waals surface area contributed by atoms with Crippen LogP contribution in [0.3, 0.4) is 0 Å². The lowest BCUT2D eigenvalue weighted by atomic mass is 10.3. The number of carboxylic acids is 1. The predicted octanol–water partition coefficient (Wildman–Crippen LogP) is 1.71. The van der Waals surface area contributed by atoms with Gasteiger partial charge in [-0.2, -0.15) is 5.10 Å². The standard InChI is InChI=1S/C12H17N3O4/c1-4-7-19-12(18)13-11-8(2)14-15(9(11)3)6-5-10(16)17/h4H,1,5-7H2,2-3H3,(H,13,18)(H,16,17). The number of hydrogen-bond donors (Lipinski definition) is 2. The first kappa shape index (κ1) is 14.7. The topological polar surface area (TPSA) is 93.5 Å². The van der Waals surface area contributed by atoms with E-state index in [0.29, 0.717) is 17.1 Å². The Morgan fingerprint density at radius 1 is 1.53 bits per heavy atom. The molecule has 0 aliphatic carbocycles. The van der Waals surface area contributed by atoms with Gasteiger partial charge in [0.15, 0.2) is 0 Å². The van der Waals surface area contributed by atoms with E-state index in [1.165, 1.54) is 6.08 Å². The van der Waals surface area contributed by atoms with Crippen LogP contribution in [0.1, 0.15) is 17.8 Å². The molecule has 0 saturated carbocycles. The number of hydrogen-bond acceptors (Lipinski definition) is 4. The molecule has 1 aromatic heterocycles. The molecule has 7 heteroatoms. The summed E-state index contributed by atoms with van der Waals surface area (Å²) in [5.74, 6) is -0.896. The van der Waals surface area contributed by atoms with E-state index < -0.39 is 12.1 Å². The lowest BCUT2D eigenvalue weighted by molar-refractivity contribution is -0.137. The number of aliphatic carboxylic acids is 1. The number of aryl methyl sites for hydroxylation is 2. The van der Waals surface area contributed by atoms with Crippen LogP contribution in [0.5, 0.6) is 0 Å². The van der Waals surface area contributed by atoms with Gasteiger partial charge < -0.3 is 9.84 Å². The van der Waals surface area contributed by atoms with Gasteiger partial charge in [-0.25, -0.2) is 4.79 Å². The molecule has 0 aromatic carbocycles. The minimum absolute atomic E-state index is 0.0255. The fourth-order valence-electron chi connectivity index (χ4n) is 1.57. The van der Waals surface area contributed by atoms with Crippen molar-refractivity contribution in [2.75, 3.05) is 11.9 Å². The highest BCUT2D eigenvalue weighted by Gasteiger charge is 2.15. The quantitative estimate of drug-likeness (QED) is 0.765. The summed E-state index contributed by atoms with van der Waals surface area (Å²) >= 11 is 0. The zero-order chi connectivity index (χ0) is 14.4. The molecule has 104 valence electrons. The average molecular weight is 267 g/mol. The molecule has 0 unspecified atom stereocenters. The van der Waals surface area contributed by atoms with E-state index in [1.807, 2.05) is 0 Å². The van der Waals surface area contributed by atoms with Gasteiger partial charge in [-0.05, 0) is 13.8 Å². The van der Waals surface area contributed by atoms with Crippen molar-refractivity contribution < 1.29 is 19.4 Å². The highest BCUT2D eigenvalue weighted by Crippen LogP contribution is 2.19. The number of amides is 1. The Labute approximate surface area is 110 Å². The van der Waals surface area contributed by atoms with Crippen molar-refractivity contribution in [3.63, 3.8) is 0 Å². The molecule has 0 fully saturated rings. The van der Waals surface area contributed by atoms with Crippen LogP contribution < -0.4 is 5.32 Å². The molecule has 1 rings (SSSR count). The summed E-state index contributed by atoms with van der Waals surface area (Å²) in [6, 6.07) is 0. The Morgan fingerprint density at radius 2 is 2.21 bits per heavy atom. The molecule has 19 heavy (non-hydrogen) atoms. The van der Waals surface area contributed by atoms with Gasteiger partial charge in [-0.1, -0.05) is 12.7 Å². The fraction of sp³-hybridized carbons (Fsp3) is 0.417. The van der Waals surface area contributed by atoms with Crippen LogP contribution in [-0.4, -0.2) is 33.6 Å². The molecule has 0 radical (unpaired) electrons. The number of ether oxygens (including phenoxy) is 1. The maximum Gasteiger partial charge on any atom is 0.412 e. The van der Waals surface area contributed by atoms with Gasteiger partial charge in [0.2, 0.25) is 0 Å². The van der Waals surface area contributed by atoms with E-state index in [-0.39, 0.29) is 19.6 Å². The van der Waals surface area contributed by atoms with E-state index in [1.54, 1.807) is 18.5 Å². The largest absolute Gasteiger partial charge is 0.481 e. The highest BCUT2D eigenvalue weighted by atomic mass is 16.5. The SMILES string of the molecule is C=CCOC(=O)Nc1c(C)nn(CCC(=O)O)c1C. The first-order valence-corrected chi connectivity index (χ1v) is 5.76. The molecule has 0 atom stereocenters. The summed E-state index contributed by atoms with van der Waals surface area (Å²) < 4.78 is 6.36. The predicted molar refractivity (Wildman–Crippen MR) is 69.1 cm³/mol. The molecule has 1 heterocycles. The minimum atomic E-state index is -0.896. The molecule has 1 amide bonds. The van der Waals surface area contributed by atoms with Gasteiger partial charge >= 0.3 is 12.1 Å². The Bertz CT molecular complexity index is 493. The number of rotatable bonds is 6. The van der Waals surface area contributed by atoms with Gasteiger partial charge in [0.05, 0.1) is 30.0 Å². The molecular formula is C12H17N3O4. The fourth-order valence-corrected chi connectivity index (χ4v) is 1.57. The van der Waals surface area contributed by atoms with Crippen molar-refractivity contribution in [3.05, 3.63) is 24.0 Å². The minimum Gasteiger partial charge on any atom is -0.481 e. The first-order valence-electron chi connectivity index (χ1n) is 5.76. The zero-order valence-electron chi connectivity index (χ0n) is 11.0. The van der Waals surface area contributed by atoms with Crippen LogP contribution in [0.2, 0.25) is 0 Å². The molecule has 0 bridgehead atoms. The zero-order valence-corrected chi connectivity index (χ0v) is 11.0. The number of carboxylic acid groups (broad SMARTS) is 1. The summed E-state index contributed by atoms with van der Waals surface area (Å²) in [7, 11) is 0. The molecule has 0 spiro atoms. The average Bonchev–Trinajstić information content (AvgIpc) is 2.61. The number of aromatic nitrogens is 2. The number of anilines is 1. The normalized spacial score (nSPS) is 10.0. The van der Waals surface area contributed by atoms with E-state index in [4.69, 9.17) is 9.84 Å². The van der Waals surface area contributed by atoms with Crippen molar-refractivity contribution in [2.24, 2.45) is 0 Å². The van der Waals surface area contributed by atoms with Crippen LogP contribution in [0, 0.1) is 13.8 Å². The van der Waals surface area contributed by atoms with Crippen molar-refractivity contribution in [2.45, 2.75) is 26.8 Å². The van der Waals surface area contributed by atoms with E-state index in [2.05, 4.69) is 17.0 Å². The number of carbonyl (C=O) groups excluding carboxylic acids is 1. The number of nitrogens with one attached hydrogen (secondary N) is 1. The molecule has 1 aromatic rings. The monoisotopic (exact) mass is 267 g/mol. The van der Waals surface area contributed by atoms with Crippen molar-refractivity contribution in [3.8, 4) is 0 Å². The maximum atomic E-state index is 11.4. The second-order valence-corrected chi connectivity index (χ2v) is 3.92. The summed E-state index contributed by atoms with van der Waals surface area (Å²) in [5.41, 5.74) is 1.84. The number of carbonyl (C=O) groups is 2. The third kappa shape index (κ3) is 4.13. The Balaban J connectivity index is 2.76. The molecular weight excluding hydrogens is 250 g/mol. The van der Waals surface area contributed by atoms with Crippen molar-refractivity contribution >= 4 is 17.7 Å². The molecule has 7 nitrogen and oxygen atoms in total. The van der Waals surface area contributed by atoms with Crippen molar-refractivity contribution in [1.29, 1.82) is 0 Å². The van der Waals surface area contributed by atoms with Gasteiger partial charge in [-0.15, -0.1) is 0 Å². The summed E-state index contributed by atoms with van der Waals surface area (Å²) in [6.07, 6.45) is 0.849. The van der Waals surface area contributed by atoms with Gasteiger partial charge in [-0.3, -0.25) is 14.8 Å². The molecule has 0 aliphatic heterocycles. The maximum absolute atomic E-state index is 11.4. The molecule has 2 N–H and O–H groups in total. The number of nitrogens with zero attached hydrogens (tertiary/aromatic N) is 2. The summed E-state index contributed by atoms with van der Waals surface area (Å²) in [4.78, 5) is 22.0. The van der Waals surface area contributed by atoms with Crippen LogP contribution in [0.25, 0.3) is 0 Å². The summed E-state index contributed by atoms with van der Waals surface area (Å²) in [5, 5.41) is 15.4. The Hall–Kier alpha value is -2.31. The highest BCUT2D eigenvalue weighted by molar-refractivity contribution is 5.86.